The van der Waals surface area contributed by atoms with Crippen molar-refractivity contribution in [3.63, 3.8) is 0 Å². The molecule has 1 rings (SSSR count). The Balaban J connectivity index is 2.11. The van der Waals surface area contributed by atoms with Gasteiger partial charge >= 0.3 is 0 Å². The van der Waals surface area contributed by atoms with Gasteiger partial charge in [-0.25, -0.2) is 0 Å². The highest BCUT2D eigenvalue weighted by atomic mass is 32.1. The number of rotatable bonds is 6. The summed E-state index contributed by atoms with van der Waals surface area (Å²) >= 11 is 1.41. The third-order valence-electron chi connectivity index (χ3n) is 2.03. The average Bonchev–Trinajstić information content (AvgIpc) is 2.64. The fourth-order valence-corrected chi connectivity index (χ4v) is 1.60. The van der Waals surface area contributed by atoms with Crippen molar-refractivity contribution in [1.29, 1.82) is 0 Å². The molecule has 0 radical (unpaired) electrons. The van der Waals surface area contributed by atoms with Crippen molar-refractivity contribution in [1.82, 2.24) is 14.9 Å². The minimum Gasteiger partial charge on any atom is -0.309 e. The number of hydrogen-bond donors (Lipinski definition) is 1. The molecule has 0 fully saturated rings. The number of nitrogens with one attached hydrogen (secondary N) is 1. The zero-order valence-corrected chi connectivity index (χ0v) is 9.10. The minimum atomic E-state index is 0.585. The molecule has 0 aromatic carbocycles. The summed E-state index contributed by atoms with van der Waals surface area (Å²) in [6.07, 6.45) is 3.81. The van der Waals surface area contributed by atoms with Gasteiger partial charge in [0.2, 0.25) is 0 Å². The highest BCUT2D eigenvalue weighted by Gasteiger charge is 2.01. The zero-order valence-electron chi connectivity index (χ0n) is 8.29. The maximum absolute atomic E-state index is 3.97. The summed E-state index contributed by atoms with van der Waals surface area (Å²) in [5.74, 6) is 0. The molecule has 0 saturated heterocycles. The lowest BCUT2D eigenvalue weighted by atomic mass is 10.1. The Bertz CT molecular complexity index is 211. The Morgan fingerprint density at radius 1 is 1.62 bits per heavy atom. The van der Waals surface area contributed by atoms with Crippen LogP contribution in [0.2, 0.25) is 0 Å². The number of unbranched alkanes of at least 4 members (excludes halogenated alkanes) is 1. The Labute approximate surface area is 83.7 Å². The quantitative estimate of drug-likeness (QED) is 0.763. The number of nitrogens with zero attached hydrogens (tertiary/aromatic N) is 2. The lowest BCUT2D eigenvalue weighted by Crippen LogP contribution is -2.25. The molecule has 13 heavy (non-hydrogen) atoms. The van der Waals surface area contributed by atoms with E-state index < -0.39 is 0 Å². The van der Waals surface area contributed by atoms with E-state index >= 15 is 0 Å². The van der Waals surface area contributed by atoms with Crippen LogP contribution in [0, 0.1) is 0 Å². The first kappa shape index (κ1) is 10.6. The van der Waals surface area contributed by atoms with Crippen molar-refractivity contribution in [3.8, 4) is 0 Å². The standard InChI is InChI=1S/C9H17N3S/c1-3-4-5-8(2)10-6-9-7-13-12-11-9/h7-8,10H,3-6H2,1-2H3. The summed E-state index contributed by atoms with van der Waals surface area (Å²) in [6.45, 7) is 5.29. The van der Waals surface area contributed by atoms with Crippen LogP contribution in [0.5, 0.6) is 0 Å². The van der Waals surface area contributed by atoms with E-state index in [2.05, 4.69) is 28.8 Å². The van der Waals surface area contributed by atoms with Gasteiger partial charge in [-0.05, 0) is 24.9 Å². The van der Waals surface area contributed by atoms with E-state index in [0.717, 1.165) is 12.2 Å². The molecule has 0 amide bonds. The van der Waals surface area contributed by atoms with Gasteiger partial charge in [-0.1, -0.05) is 24.3 Å². The molecule has 3 nitrogen and oxygen atoms in total. The van der Waals surface area contributed by atoms with Crippen molar-refractivity contribution in [3.05, 3.63) is 11.1 Å². The lowest BCUT2D eigenvalue weighted by molar-refractivity contribution is 0.491. The smallest absolute Gasteiger partial charge is 0.0893 e. The van der Waals surface area contributed by atoms with Crippen LogP contribution < -0.4 is 5.32 Å². The average molecular weight is 199 g/mol. The summed E-state index contributed by atoms with van der Waals surface area (Å²) in [5, 5.41) is 9.38. The topological polar surface area (TPSA) is 37.8 Å². The van der Waals surface area contributed by atoms with Crippen molar-refractivity contribution in [2.75, 3.05) is 0 Å². The molecule has 1 aromatic rings. The Morgan fingerprint density at radius 2 is 2.46 bits per heavy atom. The second kappa shape index (κ2) is 6.05. The fraction of sp³-hybridized carbons (Fsp3) is 0.778. The Kier molecular flexibility index (Phi) is 4.93. The maximum atomic E-state index is 3.97. The van der Waals surface area contributed by atoms with Crippen molar-refractivity contribution in [2.45, 2.75) is 45.7 Å². The largest absolute Gasteiger partial charge is 0.309 e. The molecular weight excluding hydrogens is 182 g/mol. The van der Waals surface area contributed by atoms with Gasteiger partial charge in [-0.15, -0.1) is 5.10 Å². The van der Waals surface area contributed by atoms with Gasteiger partial charge in [0.1, 0.15) is 0 Å². The Hall–Kier alpha value is -0.480. The van der Waals surface area contributed by atoms with Crippen LogP contribution in [-0.4, -0.2) is 15.6 Å². The van der Waals surface area contributed by atoms with Gasteiger partial charge in [0.15, 0.2) is 0 Å². The predicted molar refractivity (Wildman–Crippen MR) is 55.7 cm³/mol. The highest BCUT2D eigenvalue weighted by molar-refractivity contribution is 7.03. The van der Waals surface area contributed by atoms with Gasteiger partial charge in [-0.3, -0.25) is 0 Å². The summed E-state index contributed by atoms with van der Waals surface area (Å²) < 4.78 is 3.81. The molecule has 0 aliphatic rings. The molecule has 0 aliphatic carbocycles. The third kappa shape index (κ3) is 4.33. The first-order valence-electron chi connectivity index (χ1n) is 4.82. The lowest BCUT2D eigenvalue weighted by Gasteiger charge is -2.11. The molecule has 1 heterocycles. The van der Waals surface area contributed by atoms with E-state index in [-0.39, 0.29) is 0 Å². The molecule has 0 aliphatic heterocycles. The van der Waals surface area contributed by atoms with Crippen molar-refractivity contribution < 1.29 is 0 Å². The van der Waals surface area contributed by atoms with E-state index in [9.17, 15) is 0 Å². The summed E-state index contributed by atoms with van der Waals surface area (Å²) in [4.78, 5) is 0. The normalized spacial score (nSPS) is 13.1. The summed E-state index contributed by atoms with van der Waals surface area (Å²) in [6, 6.07) is 0.585. The first-order valence-corrected chi connectivity index (χ1v) is 5.66. The van der Waals surface area contributed by atoms with Crippen molar-refractivity contribution in [2.24, 2.45) is 0 Å². The highest BCUT2D eigenvalue weighted by Crippen LogP contribution is 2.01. The number of hydrogen-bond acceptors (Lipinski definition) is 4. The van der Waals surface area contributed by atoms with Crippen LogP contribution in [0.1, 0.15) is 38.8 Å². The molecule has 1 unspecified atom stereocenters. The van der Waals surface area contributed by atoms with E-state index in [1.165, 1.54) is 30.8 Å². The minimum absolute atomic E-state index is 0.585. The van der Waals surface area contributed by atoms with E-state index in [0.29, 0.717) is 6.04 Å². The second-order valence-corrected chi connectivity index (χ2v) is 3.93. The van der Waals surface area contributed by atoms with E-state index in [1.54, 1.807) is 0 Å². The fourth-order valence-electron chi connectivity index (χ4n) is 1.15. The monoisotopic (exact) mass is 199 g/mol. The second-order valence-electron chi connectivity index (χ2n) is 3.32. The summed E-state index contributed by atoms with van der Waals surface area (Å²) in [5.41, 5.74) is 1.05. The van der Waals surface area contributed by atoms with Crippen LogP contribution in [0.15, 0.2) is 5.38 Å². The van der Waals surface area contributed by atoms with Crippen LogP contribution in [0.25, 0.3) is 0 Å². The van der Waals surface area contributed by atoms with Gasteiger partial charge < -0.3 is 5.32 Å². The zero-order chi connectivity index (χ0) is 9.52. The first-order chi connectivity index (χ1) is 6.33. The molecular formula is C9H17N3S. The van der Waals surface area contributed by atoms with Crippen LogP contribution in [0.4, 0.5) is 0 Å². The van der Waals surface area contributed by atoms with Crippen LogP contribution >= 0.6 is 11.5 Å². The van der Waals surface area contributed by atoms with Crippen molar-refractivity contribution >= 4 is 11.5 Å². The summed E-state index contributed by atoms with van der Waals surface area (Å²) in [7, 11) is 0. The van der Waals surface area contributed by atoms with Gasteiger partial charge in [0.05, 0.1) is 5.69 Å². The molecule has 1 aromatic heterocycles. The maximum Gasteiger partial charge on any atom is 0.0893 e. The van der Waals surface area contributed by atoms with Gasteiger partial charge in [0.25, 0.3) is 0 Å². The van der Waals surface area contributed by atoms with Crippen LogP contribution in [-0.2, 0) is 6.54 Å². The molecule has 4 heteroatoms. The molecule has 0 saturated carbocycles. The molecule has 1 N–H and O–H groups in total. The molecule has 0 bridgehead atoms. The SMILES string of the molecule is CCCCC(C)NCc1csnn1. The number of aromatic nitrogens is 2. The molecule has 74 valence electrons. The van der Waals surface area contributed by atoms with E-state index in [1.807, 2.05) is 5.38 Å². The van der Waals surface area contributed by atoms with Gasteiger partial charge in [0, 0.05) is 18.0 Å². The third-order valence-corrected chi connectivity index (χ3v) is 2.58. The predicted octanol–water partition coefficient (Wildman–Crippen LogP) is 2.21. The molecule has 1 atom stereocenters. The van der Waals surface area contributed by atoms with Gasteiger partial charge in [-0.2, -0.15) is 0 Å². The molecule has 0 spiro atoms. The van der Waals surface area contributed by atoms with Crippen LogP contribution in [0.3, 0.4) is 0 Å². The Morgan fingerprint density at radius 3 is 3.08 bits per heavy atom. The van der Waals surface area contributed by atoms with E-state index in [4.69, 9.17) is 0 Å².